The quantitative estimate of drug-likeness (QED) is 0.479. The van der Waals surface area contributed by atoms with Crippen molar-refractivity contribution in [2.75, 3.05) is 11.1 Å². The Morgan fingerprint density at radius 2 is 1.74 bits per heavy atom. The van der Waals surface area contributed by atoms with E-state index in [0.29, 0.717) is 27.0 Å². The third kappa shape index (κ3) is 6.97. The highest BCUT2D eigenvalue weighted by atomic mass is 35.5. The minimum Gasteiger partial charge on any atom is -0.457 e. The number of allylic oxidation sites excluding steroid dienone is 1. The van der Waals surface area contributed by atoms with Gasteiger partial charge in [0.1, 0.15) is 11.5 Å². The lowest BCUT2D eigenvalue weighted by Gasteiger charge is -2.31. The van der Waals surface area contributed by atoms with Crippen LogP contribution in [0.5, 0.6) is 0 Å². The highest BCUT2D eigenvalue weighted by molar-refractivity contribution is 8.14. The van der Waals surface area contributed by atoms with E-state index in [-0.39, 0.29) is 11.7 Å². The number of anilines is 1. The number of carbonyl (C=O) groups is 2. The van der Waals surface area contributed by atoms with Crippen molar-refractivity contribution in [2.24, 2.45) is 10.9 Å². The van der Waals surface area contributed by atoms with Gasteiger partial charge in [0.15, 0.2) is 0 Å². The molecule has 0 aliphatic carbocycles. The molecule has 1 amide bonds. The number of carbonyl (C=O) groups excluding carboxylic acids is 2. The fourth-order valence-electron chi connectivity index (χ4n) is 3.69. The number of benzene rings is 2. The normalized spacial score (nSPS) is 17.9. The lowest BCUT2D eigenvalue weighted by atomic mass is 9.79. The number of nitrogens with zero attached hydrogens (tertiary/aromatic N) is 2. The van der Waals surface area contributed by atoms with Crippen LogP contribution in [0.2, 0.25) is 5.02 Å². The topological polar surface area (TPSA) is 91.5 Å². The molecule has 2 atom stereocenters. The van der Waals surface area contributed by atoms with E-state index in [1.807, 2.05) is 31.2 Å². The van der Waals surface area contributed by atoms with Crippen molar-refractivity contribution in [3.63, 3.8) is 0 Å². The summed E-state index contributed by atoms with van der Waals surface area (Å²) in [7, 11) is 0. The lowest BCUT2D eigenvalue weighted by molar-refractivity contribution is -0.150. The number of amides is 1. The summed E-state index contributed by atoms with van der Waals surface area (Å²) >= 11 is 7.28. The molecule has 0 spiro atoms. The summed E-state index contributed by atoms with van der Waals surface area (Å²) in [4.78, 5) is 30.3. The van der Waals surface area contributed by atoms with Gasteiger partial charge < -0.3 is 10.1 Å². The fraction of sp³-hybridized carbons (Fsp3) is 0.333. The van der Waals surface area contributed by atoms with Crippen molar-refractivity contribution in [3.8, 4) is 6.07 Å². The number of aliphatic imine (C=N–C) groups is 1. The second-order valence-corrected chi connectivity index (χ2v) is 10.7. The molecule has 1 aliphatic rings. The Labute approximate surface area is 215 Å². The number of hydrogen-bond acceptors (Lipinski definition) is 6. The standard InChI is InChI=1S/C27H28ClN3O3S/c1-16-6-12-20(13-7-16)31-22(32)15-35-25-21(14-29)24(18-8-10-19(28)11-9-18)23(17(2)30-25)26(33)34-27(3,4)5/h6-13,21,24H,15H2,1-5H3,(H,31,32). The predicted octanol–water partition coefficient (Wildman–Crippen LogP) is 6.27. The van der Waals surface area contributed by atoms with Crippen LogP contribution in [0.1, 0.15) is 44.7 Å². The number of nitrogens with one attached hydrogen (secondary N) is 1. The van der Waals surface area contributed by atoms with Crippen molar-refractivity contribution in [3.05, 3.63) is 76.0 Å². The molecule has 3 rings (SSSR count). The molecule has 1 heterocycles. The Bertz CT molecular complexity index is 1210. The van der Waals surface area contributed by atoms with Crippen LogP contribution < -0.4 is 5.32 Å². The van der Waals surface area contributed by atoms with Gasteiger partial charge in [-0.05, 0) is 64.4 Å². The molecular formula is C27H28ClN3O3S. The zero-order chi connectivity index (χ0) is 25.8. The molecule has 2 aromatic rings. The highest BCUT2D eigenvalue weighted by Crippen LogP contribution is 2.42. The van der Waals surface area contributed by atoms with Gasteiger partial charge in [-0.1, -0.05) is 53.2 Å². The number of nitriles is 1. The molecule has 1 aliphatic heterocycles. The summed E-state index contributed by atoms with van der Waals surface area (Å²) in [5.41, 5.74) is 2.64. The molecule has 0 fully saturated rings. The van der Waals surface area contributed by atoms with Crippen LogP contribution in [0.15, 0.2) is 64.8 Å². The number of thioether (sulfide) groups is 1. The van der Waals surface area contributed by atoms with Crippen molar-refractivity contribution in [1.82, 2.24) is 0 Å². The summed E-state index contributed by atoms with van der Waals surface area (Å²) in [6, 6.07) is 16.9. The molecule has 0 bridgehead atoms. The molecule has 182 valence electrons. The lowest BCUT2D eigenvalue weighted by Crippen LogP contribution is -2.33. The van der Waals surface area contributed by atoms with Gasteiger partial charge in [-0.3, -0.25) is 4.79 Å². The van der Waals surface area contributed by atoms with Crippen LogP contribution in [0.3, 0.4) is 0 Å². The Morgan fingerprint density at radius 1 is 1.11 bits per heavy atom. The van der Waals surface area contributed by atoms with E-state index in [1.165, 1.54) is 11.8 Å². The van der Waals surface area contributed by atoms with E-state index in [9.17, 15) is 14.9 Å². The van der Waals surface area contributed by atoms with Gasteiger partial charge in [0, 0.05) is 22.3 Å². The van der Waals surface area contributed by atoms with Gasteiger partial charge in [0.2, 0.25) is 5.91 Å². The summed E-state index contributed by atoms with van der Waals surface area (Å²) in [6.45, 7) is 9.08. The van der Waals surface area contributed by atoms with E-state index in [2.05, 4.69) is 16.4 Å². The van der Waals surface area contributed by atoms with Crippen molar-refractivity contribution >= 4 is 46.0 Å². The van der Waals surface area contributed by atoms with E-state index < -0.39 is 23.4 Å². The number of halogens is 1. The number of esters is 1. The van der Waals surface area contributed by atoms with E-state index >= 15 is 0 Å². The number of aryl methyl sites for hydroxylation is 1. The van der Waals surface area contributed by atoms with E-state index in [0.717, 1.165) is 11.1 Å². The first-order chi connectivity index (χ1) is 16.5. The molecule has 0 radical (unpaired) electrons. The minimum atomic E-state index is -0.764. The Balaban J connectivity index is 1.91. The molecule has 0 saturated heterocycles. The second kappa shape index (κ2) is 11.1. The maximum Gasteiger partial charge on any atom is 0.337 e. The maximum atomic E-state index is 13.2. The van der Waals surface area contributed by atoms with Gasteiger partial charge in [0.25, 0.3) is 0 Å². The predicted molar refractivity (Wildman–Crippen MR) is 142 cm³/mol. The summed E-state index contributed by atoms with van der Waals surface area (Å²) in [6.07, 6.45) is 0. The average Bonchev–Trinajstić information content (AvgIpc) is 2.78. The fourth-order valence-corrected chi connectivity index (χ4v) is 4.74. The van der Waals surface area contributed by atoms with Crippen LogP contribution >= 0.6 is 23.4 Å². The maximum absolute atomic E-state index is 13.2. The molecule has 2 aromatic carbocycles. The third-order valence-corrected chi connectivity index (χ3v) is 6.55. The van der Waals surface area contributed by atoms with Crippen LogP contribution in [0, 0.1) is 24.2 Å². The summed E-state index contributed by atoms with van der Waals surface area (Å²) < 4.78 is 5.65. The smallest absolute Gasteiger partial charge is 0.337 e. The minimum absolute atomic E-state index is 0.0767. The van der Waals surface area contributed by atoms with Crippen LogP contribution in [-0.2, 0) is 14.3 Å². The van der Waals surface area contributed by atoms with Gasteiger partial charge in [-0.2, -0.15) is 5.26 Å². The molecule has 2 unspecified atom stereocenters. The average molecular weight is 510 g/mol. The van der Waals surface area contributed by atoms with Crippen molar-refractivity contribution in [1.29, 1.82) is 5.26 Å². The van der Waals surface area contributed by atoms with Gasteiger partial charge in [0.05, 0.1) is 22.4 Å². The van der Waals surface area contributed by atoms with Crippen LogP contribution in [-0.4, -0.2) is 28.3 Å². The summed E-state index contributed by atoms with van der Waals surface area (Å²) in [5.74, 6) is -2.01. The third-order valence-electron chi connectivity index (χ3n) is 5.25. The first-order valence-corrected chi connectivity index (χ1v) is 12.5. The molecule has 1 N–H and O–H groups in total. The first kappa shape index (κ1) is 26.5. The molecular weight excluding hydrogens is 482 g/mol. The molecule has 8 heteroatoms. The van der Waals surface area contributed by atoms with Gasteiger partial charge in [-0.15, -0.1) is 0 Å². The monoisotopic (exact) mass is 509 g/mol. The summed E-state index contributed by atoms with van der Waals surface area (Å²) in [5, 5.41) is 14.0. The van der Waals surface area contributed by atoms with Crippen molar-refractivity contribution in [2.45, 2.75) is 46.1 Å². The molecule has 0 aromatic heterocycles. The highest BCUT2D eigenvalue weighted by Gasteiger charge is 2.40. The molecule has 6 nitrogen and oxygen atoms in total. The van der Waals surface area contributed by atoms with Gasteiger partial charge in [-0.25, -0.2) is 9.79 Å². The van der Waals surface area contributed by atoms with Crippen molar-refractivity contribution < 1.29 is 14.3 Å². The number of rotatable bonds is 5. The first-order valence-electron chi connectivity index (χ1n) is 11.2. The molecule has 35 heavy (non-hydrogen) atoms. The van der Waals surface area contributed by atoms with Gasteiger partial charge >= 0.3 is 5.97 Å². The number of hydrogen-bond donors (Lipinski definition) is 1. The Hall–Kier alpha value is -3.08. The Kier molecular flexibility index (Phi) is 8.42. The SMILES string of the molecule is CC1=C(C(=O)OC(C)(C)C)C(c2ccc(Cl)cc2)C(C#N)C(SCC(=O)Nc2ccc(C)cc2)=N1. The Morgan fingerprint density at radius 3 is 2.31 bits per heavy atom. The number of ether oxygens (including phenoxy) is 1. The largest absolute Gasteiger partial charge is 0.457 e. The molecule has 0 saturated carbocycles. The van der Waals surface area contributed by atoms with Crippen LogP contribution in [0.25, 0.3) is 0 Å². The zero-order valence-electron chi connectivity index (χ0n) is 20.4. The zero-order valence-corrected chi connectivity index (χ0v) is 22.0. The van der Waals surface area contributed by atoms with E-state index in [1.54, 1.807) is 52.0 Å². The van der Waals surface area contributed by atoms with Crippen LogP contribution in [0.4, 0.5) is 5.69 Å². The van der Waals surface area contributed by atoms with E-state index in [4.69, 9.17) is 16.3 Å². The second-order valence-electron chi connectivity index (χ2n) is 9.29.